The number of hydrogen-bond acceptors (Lipinski definition) is 3. The molecule has 1 aromatic heterocycles. The van der Waals surface area contributed by atoms with E-state index in [1.165, 1.54) is 5.56 Å². The van der Waals surface area contributed by atoms with Crippen molar-refractivity contribution in [3.8, 4) is 0 Å². The number of halogens is 1. The van der Waals surface area contributed by atoms with Crippen LogP contribution < -0.4 is 0 Å². The second kappa shape index (κ2) is 7.11. The smallest absolute Gasteiger partial charge is 0.289 e. The third-order valence-electron chi connectivity index (χ3n) is 4.00. The molecule has 3 rings (SSSR count). The predicted molar refractivity (Wildman–Crippen MR) is 88.9 cm³/mol. The van der Waals surface area contributed by atoms with E-state index in [1.807, 2.05) is 11.0 Å². The maximum Gasteiger partial charge on any atom is 0.289 e. The molecule has 0 atom stereocenters. The zero-order valence-electron chi connectivity index (χ0n) is 12.4. The minimum Gasteiger partial charge on any atom is -0.444 e. The van der Waals surface area contributed by atoms with Crippen molar-refractivity contribution in [2.75, 3.05) is 32.7 Å². The van der Waals surface area contributed by atoms with Crippen LogP contribution in [0, 0.1) is 0 Å². The normalized spacial score (nSPS) is 16.0. The highest BCUT2D eigenvalue weighted by molar-refractivity contribution is 9.10. The van der Waals surface area contributed by atoms with Gasteiger partial charge in [0.1, 0.15) is 0 Å². The number of piperazine rings is 1. The summed E-state index contributed by atoms with van der Waals surface area (Å²) in [4.78, 5) is 16.6. The lowest BCUT2D eigenvalue weighted by atomic mass is 10.1. The van der Waals surface area contributed by atoms with Crippen molar-refractivity contribution in [2.45, 2.75) is 6.42 Å². The Morgan fingerprint density at radius 2 is 1.77 bits per heavy atom. The molecule has 5 heteroatoms. The van der Waals surface area contributed by atoms with Crippen LogP contribution >= 0.6 is 15.9 Å². The van der Waals surface area contributed by atoms with Gasteiger partial charge >= 0.3 is 0 Å². The van der Waals surface area contributed by atoms with Crippen LogP contribution in [-0.2, 0) is 6.42 Å². The third kappa shape index (κ3) is 3.78. The molecular weight excluding hydrogens is 344 g/mol. The summed E-state index contributed by atoms with van der Waals surface area (Å²) in [7, 11) is 0. The van der Waals surface area contributed by atoms with Crippen LogP contribution in [0.4, 0.5) is 0 Å². The molecule has 0 unspecified atom stereocenters. The van der Waals surface area contributed by atoms with E-state index < -0.39 is 0 Å². The molecular formula is C17H19BrN2O2. The number of nitrogens with zero attached hydrogens (tertiary/aromatic N) is 2. The fourth-order valence-electron chi connectivity index (χ4n) is 2.69. The largest absolute Gasteiger partial charge is 0.444 e. The van der Waals surface area contributed by atoms with Crippen molar-refractivity contribution < 1.29 is 9.21 Å². The molecule has 0 aliphatic carbocycles. The van der Waals surface area contributed by atoms with E-state index in [0.29, 0.717) is 10.4 Å². The lowest BCUT2D eigenvalue weighted by Gasteiger charge is -2.34. The lowest BCUT2D eigenvalue weighted by molar-refractivity contribution is 0.0606. The highest BCUT2D eigenvalue weighted by Gasteiger charge is 2.23. The number of hydrogen-bond donors (Lipinski definition) is 0. The Morgan fingerprint density at radius 1 is 1.05 bits per heavy atom. The Hall–Kier alpha value is -1.59. The third-order valence-corrected chi connectivity index (χ3v) is 4.43. The van der Waals surface area contributed by atoms with E-state index >= 15 is 0 Å². The van der Waals surface area contributed by atoms with Crippen LogP contribution in [0.15, 0.2) is 51.6 Å². The summed E-state index contributed by atoms with van der Waals surface area (Å²) in [6.07, 6.45) is 1.06. The summed E-state index contributed by atoms with van der Waals surface area (Å²) in [5, 5.41) is 0. The van der Waals surface area contributed by atoms with Gasteiger partial charge in [0.25, 0.3) is 5.91 Å². The molecule has 1 aromatic carbocycles. The van der Waals surface area contributed by atoms with E-state index in [-0.39, 0.29) is 5.91 Å². The average molecular weight is 363 g/mol. The summed E-state index contributed by atoms with van der Waals surface area (Å²) < 4.78 is 5.94. The molecule has 1 amide bonds. The van der Waals surface area contributed by atoms with Crippen molar-refractivity contribution >= 4 is 21.8 Å². The number of furan rings is 1. The summed E-state index contributed by atoms with van der Waals surface area (Å²) in [6, 6.07) is 14.0. The predicted octanol–water partition coefficient (Wildman–Crippen LogP) is 3.04. The summed E-state index contributed by atoms with van der Waals surface area (Å²) in [5.41, 5.74) is 1.36. The van der Waals surface area contributed by atoms with Crippen LogP contribution in [0.2, 0.25) is 0 Å². The minimum absolute atomic E-state index is 0.0200. The standard InChI is InChI=1S/C17H19BrN2O2/c18-16-7-6-15(22-16)17(21)20-12-10-19(11-13-20)9-8-14-4-2-1-3-5-14/h1-7H,8-13H2. The van der Waals surface area contributed by atoms with Gasteiger partial charge in [-0.25, -0.2) is 0 Å². The summed E-state index contributed by atoms with van der Waals surface area (Å²) >= 11 is 3.23. The SMILES string of the molecule is O=C(c1ccc(Br)o1)N1CCN(CCc2ccccc2)CC1. The van der Waals surface area contributed by atoms with Gasteiger partial charge in [0.05, 0.1) is 0 Å². The molecule has 0 spiro atoms. The Kier molecular flexibility index (Phi) is 4.95. The van der Waals surface area contributed by atoms with Crippen molar-refractivity contribution in [2.24, 2.45) is 0 Å². The highest BCUT2D eigenvalue weighted by atomic mass is 79.9. The summed E-state index contributed by atoms with van der Waals surface area (Å²) in [5.74, 6) is 0.387. The fraction of sp³-hybridized carbons (Fsp3) is 0.353. The van der Waals surface area contributed by atoms with Crippen LogP contribution in [0.3, 0.4) is 0 Å². The zero-order valence-corrected chi connectivity index (χ0v) is 14.0. The van der Waals surface area contributed by atoms with Crippen molar-refractivity contribution in [3.05, 3.63) is 58.5 Å². The molecule has 1 aliphatic rings. The van der Waals surface area contributed by atoms with Gasteiger partial charge in [-0.05, 0) is 40.0 Å². The fourth-order valence-corrected chi connectivity index (χ4v) is 3.00. The number of rotatable bonds is 4. The van der Waals surface area contributed by atoms with Crippen molar-refractivity contribution in [3.63, 3.8) is 0 Å². The molecule has 1 aliphatic heterocycles. The Morgan fingerprint density at radius 3 is 2.41 bits per heavy atom. The first-order valence-electron chi connectivity index (χ1n) is 7.53. The zero-order chi connectivity index (χ0) is 15.4. The highest BCUT2D eigenvalue weighted by Crippen LogP contribution is 2.16. The van der Waals surface area contributed by atoms with Gasteiger partial charge in [0.15, 0.2) is 10.4 Å². The molecule has 2 heterocycles. The van der Waals surface area contributed by atoms with E-state index in [2.05, 4.69) is 45.1 Å². The van der Waals surface area contributed by atoms with Gasteiger partial charge in [-0.3, -0.25) is 9.69 Å². The molecule has 0 saturated carbocycles. The van der Waals surface area contributed by atoms with Gasteiger partial charge < -0.3 is 9.32 Å². The molecule has 1 fully saturated rings. The Labute approximate surface area is 138 Å². The van der Waals surface area contributed by atoms with E-state index in [1.54, 1.807) is 12.1 Å². The van der Waals surface area contributed by atoms with Crippen molar-refractivity contribution in [1.29, 1.82) is 0 Å². The monoisotopic (exact) mass is 362 g/mol. The Balaban J connectivity index is 1.47. The first-order valence-corrected chi connectivity index (χ1v) is 8.32. The van der Waals surface area contributed by atoms with Crippen molar-refractivity contribution in [1.82, 2.24) is 9.80 Å². The number of benzene rings is 1. The maximum absolute atomic E-state index is 12.3. The van der Waals surface area contributed by atoms with Gasteiger partial charge in [-0.15, -0.1) is 0 Å². The molecule has 0 bridgehead atoms. The van der Waals surface area contributed by atoms with Crippen LogP contribution in [0.25, 0.3) is 0 Å². The molecule has 0 N–H and O–H groups in total. The molecule has 0 radical (unpaired) electrons. The molecule has 22 heavy (non-hydrogen) atoms. The number of amides is 1. The second-order valence-electron chi connectivity index (χ2n) is 5.47. The first kappa shape index (κ1) is 15.3. The van der Waals surface area contributed by atoms with E-state index in [4.69, 9.17) is 4.42 Å². The average Bonchev–Trinajstić information content (AvgIpc) is 3.00. The van der Waals surface area contributed by atoms with Crippen LogP contribution in [0.1, 0.15) is 16.1 Å². The molecule has 2 aromatic rings. The molecule has 116 valence electrons. The van der Waals surface area contributed by atoms with Gasteiger partial charge in [-0.2, -0.15) is 0 Å². The van der Waals surface area contributed by atoms with Gasteiger partial charge in [0, 0.05) is 32.7 Å². The quantitative estimate of drug-likeness (QED) is 0.838. The van der Waals surface area contributed by atoms with E-state index in [9.17, 15) is 4.79 Å². The van der Waals surface area contributed by atoms with Gasteiger partial charge in [-0.1, -0.05) is 30.3 Å². The topological polar surface area (TPSA) is 36.7 Å². The first-order chi connectivity index (χ1) is 10.7. The van der Waals surface area contributed by atoms with Gasteiger partial charge in [0.2, 0.25) is 0 Å². The minimum atomic E-state index is -0.0200. The number of carbonyl (C=O) groups excluding carboxylic acids is 1. The maximum atomic E-state index is 12.3. The Bertz CT molecular complexity index is 619. The van der Waals surface area contributed by atoms with Crippen LogP contribution in [-0.4, -0.2) is 48.4 Å². The molecule has 1 saturated heterocycles. The lowest BCUT2D eigenvalue weighted by Crippen LogP contribution is -2.49. The summed E-state index contributed by atoms with van der Waals surface area (Å²) in [6.45, 7) is 4.39. The van der Waals surface area contributed by atoms with E-state index in [0.717, 1.165) is 39.1 Å². The number of carbonyl (C=O) groups is 1. The van der Waals surface area contributed by atoms with Crippen LogP contribution in [0.5, 0.6) is 0 Å². The second-order valence-corrected chi connectivity index (χ2v) is 6.25. The molecule has 4 nitrogen and oxygen atoms in total.